The van der Waals surface area contributed by atoms with E-state index in [1.807, 2.05) is 0 Å². The lowest BCUT2D eigenvalue weighted by atomic mass is 10.1. The van der Waals surface area contributed by atoms with Gasteiger partial charge in [0.25, 0.3) is 0 Å². The van der Waals surface area contributed by atoms with Crippen molar-refractivity contribution in [1.82, 2.24) is 0 Å². The molecule has 0 amide bonds. The van der Waals surface area contributed by atoms with Crippen molar-refractivity contribution in [2.75, 3.05) is 12.9 Å². The van der Waals surface area contributed by atoms with E-state index < -0.39 is 12.1 Å². The average molecular weight is 242 g/mol. The van der Waals surface area contributed by atoms with E-state index in [1.165, 1.54) is 13.2 Å². The van der Waals surface area contributed by atoms with E-state index >= 15 is 0 Å². The van der Waals surface area contributed by atoms with Crippen LogP contribution in [0.3, 0.4) is 0 Å². The Labute approximate surface area is 98.0 Å². The summed E-state index contributed by atoms with van der Waals surface area (Å²) in [4.78, 5) is 11.2. The standard InChI is InChI=1S/C11H14O4S/c1-14-11(13)8-5-4-7(15-8)10(12)9-3-2-6-16-9/h4-5,9-10,12H,2-3,6H2,1H3. The maximum Gasteiger partial charge on any atom is 0.373 e. The summed E-state index contributed by atoms with van der Waals surface area (Å²) in [5, 5.41) is 10.2. The number of methoxy groups -OCH3 is 1. The Morgan fingerprint density at radius 1 is 1.69 bits per heavy atom. The third-order valence-electron chi connectivity index (χ3n) is 2.62. The minimum atomic E-state index is -0.633. The number of carbonyl (C=O) groups excluding carboxylic acids is 1. The summed E-state index contributed by atoms with van der Waals surface area (Å²) in [6.45, 7) is 0. The topological polar surface area (TPSA) is 59.7 Å². The molecule has 2 atom stereocenters. The minimum Gasteiger partial charge on any atom is -0.463 e. The van der Waals surface area contributed by atoms with Crippen LogP contribution in [0.5, 0.6) is 0 Å². The first-order valence-electron chi connectivity index (χ1n) is 5.20. The van der Waals surface area contributed by atoms with Crippen molar-refractivity contribution in [3.05, 3.63) is 23.7 Å². The number of aliphatic hydroxyl groups excluding tert-OH is 1. The van der Waals surface area contributed by atoms with Crippen molar-refractivity contribution >= 4 is 17.7 Å². The van der Waals surface area contributed by atoms with E-state index in [2.05, 4.69) is 4.74 Å². The number of carbonyl (C=O) groups is 1. The van der Waals surface area contributed by atoms with Gasteiger partial charge in [-0.3, -0.25) is 0 Å². The van der Waals surface area contributed by atoms with Gasteiger partial charge in [-0.1, -0.05) is 0 Å². The molecule has 1 aromatic heterocycles. The SMILES string of the molecule is COC(=O)c1ccc(C(O)C2CCCS2)o1. The van der Waals surface area contributed by atoms with Crippen molar-refractivity contribution in [3.8, 4) is 0 Å². The molecule has 1 aliphatic heterocycles. The van der Waals surface area contributed by atoms with Crippen molar-refractivity contribution in [2.45, 2.75) is 24.2 Å². The molecule has 16 heavy (non-hydrogen) atoms. The van der Waals surface area contributed by atoms with Gasteiger partial charge in [-0.05, 0) is 30.7 Å². The molecule has 1 saturated heterocycles. The third-order valence-corrected chi connectivity index (χ3v) is 4.07. The second kappa shape index (κ2) is 4.93. The van der Waals surface area contributed by atoms with Crippen LogP contribution in [-0.4, -0.2) is 29.2 Å². The van der Waals surface area contributed by atoms with Crippen molar-refractivity contribution in [2.24, 2.45) is 0 Å². The smallest absolute Gasteiger partial charge is 0.373 e. The fourth-order valence-corrected chi connectivity index (χ4v) is 3.04. The number of hydrogen-bond donors (Lipinski definition) is 1. The third kappa shape index (κ3) is 2.25. The monoisotopic (exact) mass is 242 g/mol. The Balaban J connectivity index is 2.08. The lowest BCUT2D eigenvalue weighted by molar-refractivity contribution is 0.0554. The molecule has 2 heterocycles. The van der Waals surface area contributed by atoms with E-state index in [9.17, 15) is 9.90 Å². The van der Waals surface area contributed by atoms with Crippen LogP contribution in [-0.2, 0) is 4.74 Å². The zero-order valence-electron chi connectivity index (χ0n) is 9.01. The molecule has 2 unspecified atom stereocenters. The molecule has 0 saturated carbocycles. The summed E-state index contributed by atoms with van der Waals surface area (Å²) in [6.07, 6.45) is 1.47. The molecule has 0 bridgehead atoms. The number of hydrogen-bond acceptors (Lipinski definition) is 5. The van der Waals surface area contributed by atoms with Crippen LogP contribution in [0.4, 0.5) is 0 Å². The van der Waals surface area contributed by atoms with Crippen LogP contribution < -0.4 is 0 Å². The number of esters is 1. The molecule has 0 aromatic carbocycles. The predicted molar refractivity (Wildman–Crippen MR) is 60.5 cm³/mol. The fourth-order valence-electron chi connectivity index (χ4n) is 1.76. The summed E-state index contributed by atoms with van der Waals surface area (Å²) in [6, 6.07) is 3.17. The van der Waals surface area contributed by atoms with Crippen LogP contribution in [0.15, 0.2) is 16.5 Å². The highest BCUT2D eigenvalue weighted by Gasteiger charge is 2.28. The number of ether oxygens (including phenoxy) is 1. The van der Waals surface area contributed by atoms with Gasteiger partial charge in [0, 0.05) is 5.25 Å². The maximum absolute atomic E-state index is 11.2. The maximum atomic E-state index is 11.2. The highest BCUT2D eigenvalue weighted by atomic mass is 32.2. The van der Waals surface area contributed by atoms with Gasteiger partial charge in [0.1, 0.15) is 11.9 Å². The van der Waals surface area contributed by atoms with Crippen LogP contribution in [0.1, 0.15) is 35.3 Å². The van der Waals surface area contributed by atoms with Crippen molar-refractivity contribution < 1.29 is 19.1 Å². The Hall–Kier alpha value is -0.940. The largest absolute Gasteiger partial charge is 0.463 e. The molecule has 88 valence electrons. The highest BCUT2D eigenvalue weighted by Crippen LogP contribution is 2.36. The van der Waals surface area contributed by atoms with Crippen molar-refractivity contribution in [3.63, 3.8) is 0 Å². The number of furan rings is 1. The molecule has 0 radical (unpaired) electrons. The highest BCUT2D eigenvalue weighted by molar-refractivity contribution is 8.00. The van der Waals surface area contributed by atoms with Gasteiger partial charge in [-0.15, -0.1) is 0 Å². The van der Waals surface area contributed by atoms with Gasteiger partial charge in [0.15, 0.2) is 0 Å². The van der Waals surface area contributed by atoms with E-state index in [0.29, 0.717) is 5.76 Å². The van der Waals surface area contributed by atoms with Crippen LogP contribution >= 0.6 is 11.8 Å². The molecule has 5 heteroatoms. The van der Waals surface area contributed by atoms with Gasteiger partial charge in [-0.2, -0.15) is 11.8 Å². The molecule has 1 fully saturated rings. The van der Waals surface area contributed by atoms with Gasteiger partial charge in [0.05, 0.1) is 7.11 Å². The summed E-state index contributed by atoms with van der Waals surface area (Å²) in [7, 11) is 1.30. The van der Waals surface area contributed by atoms with E-state index in [-0.39, 0.29) is 11.0 Å². The molecule has 4 nitrogen and oxygen atoms in total. The van der Waals surface area contributed by atoms with Crippen molar-refractivity contribution in [1.29, 1.82) is 0 Å². The molecule has 1 N–H and O–H groups in total. The van der Waals surface area contributed by atoms with Gasteiger partial charge in [0.2, 0.25) is 5.76 Å². The molecule has 0 spiro atoms. The molecule has 1 aliphatic rings. The molecule has 1 aromatic rings. The quantitative estimate of drug-likeness (QED) is 0.821. The number of rotatable bonds is 3. The summed E-state index contributed by atoms with van der Waals surface area (Å²) >= 11 is 1.74. The Morgan fingerprint density at radius 2 is 2.50 bits per heavy atom. The summed E-state index contributed by atoms with van der Waals surface area (Å²) in [5.41, 5.74) is 0. The fraction of sp³-hybridized carbons (Fsp3) is 0.545. The molecule has 0 aliphatic carbocycles. The summed E-state index contributed by atoms with van der Waals surface area (Å²) < 4.78 is 9.81. The molecule has 2 rings (SSSR count). The first-order valence-corrected chi connectivity index (χ1v) is 6.25. The second-order valence-electron chi connectivity index (χ2n) is 3.69. The zero-order valence-corrected chi connectivity index (χ0v) is 9.83. The minimum absolute atomic E-state index is 0.138. The van der Waals surface area contributed by atoms with E-state index in [4.69, 9.17) is 4.42 Å². The van der Waals surface area contributed by atoms with Crippen LogP contribution in [0.2, 0.25) is 0 Å². The number of thioether (sulfide) groups is 1. The average Bonchev–Trinajstić information content (AvgIpc) is 2.97. The first kappa shape index (κ1) is 11.5. The molecular formula is C11H14O4S. The predicted octanol–water partition coefficient (Wildman–Crippen LogP) is 2.00. The lowest BCUT2D eigenvalue weighted by Crippen LogP contribution is -2.10. The van der Waals surface area contributed by atoms with Gasteiger partial charge >= 0.3 is 5.97 Å². The number of aliphatic hydroxyl groups is 1. The van der Waals surface area contributed by atoms with E-state index in [0.717, 1.165) is 18.6 Å². The lowest BCUT2D eigenvalue weighted by Gasteiger charge is -2.14. The Bertz CT molecular complexity index is 368. The summed E-state index contributed by atoms with van der Waals surface area (Å²) in [5.74, 6) is 1.14. The zero-order chi connectivity index (χ0) is 11.5. The normalized spacial score (nSPS) is 22.0. The Morgan fingerprint density at radius 3 is 3.12 bits per heavy atom. The molecular weight excluding hydrogens is 228 g/mol. The second-order valence-corrected chi connectivity index (χ2v) is 5.04. The first-order chi connectivity index (χ1) is 7.72. The Kier molecular flexibility index (Phi) is 3.56. The van der Waals surface area contributed by atoms with Crippen LogP contribution in [0, 0.1) is 0 Å². The van der Waals surface area contributed by atoms with Gasteiger partial charge < -0.3 is 14.3 Å². The van der Waals surface area contributed by atoms with Crippen LogP contribution in [0.25, 0.3) is 0 Å². The van der Waals surface area contributed by atoms with E-state index in [1.54, 1.807) is 17.8 Å². The van der Waals surface area contributed by atoms with Gasteiger partial charge in [-0.25, -0.2) is 4.79 Å².